The number of fused-ring (bicyclic) bond motifs is 5. The SMILES string of the molecule is C[C@]12CC[C@@H]3[C@@H](CCC4SC(=O)C=C[C@@]43C)[C@@H]1CC(C(=O)NCc1ccccc1)C2. The van der Waals surface area contributed by atoms with Crippen LogP contribution in [-0.4, -0.2) is 16.3 Å². The van der Waals surface area contributed by atoms with E-state index in [9.17, 15) is 9.59 Å². The molecule has 4 heteroatoms. The highest BCUT2D eigenvalue weighted by Crippen LogP contribution is 2.65. The fraction of sp³-hybridized carbons (Fsp3) is 0.615. The summed E-state index contributed by atoms with van der Waals surface area (Å²) >= 11 is 1.57. The monoisotopic (exact) mass is 423 g/mol. The number of rotatable bonds is 3. The van der Waals surface area contributed by atoms with Crippen molar-refractivity contribution in [2.45, 2.75) is 64.2 Å². The van der Waals surface area contributed by atoms with Crippen LogP contribution >= 0.6 is 11.8 Å². The Hall–Kier alpha value is -1.55. The molecular formula is C26H33NO2S. The lowest BCUT2D eigenvalue weighted by Gasteiger charge is -2.57. The van der Waals surface area contributed by atoms with E-state index in [1.165, 1.54) is 19.3 Å². The first-order valence-electron chi connectivity index (χ1n) is 11.6. The number of amides is 1. The van der Waals surface area contributed by atoms with Crippen molar-refractivity contribution in [3.8, 4) is 0 Å². The van der Waals surface area contributed by atoms with Crippen LogP contribution in [0.3, 0.4) is 0 Å². The Morgan fingerprint density at radius 3 is 2.73 bits per heavy atom. The number of thioether (sulfide) groups is 1. The molecule has 1 N–H and O–H groups in total. The molecule has 3 fully saturated rings. The molecule has 7 atom stereocenters. The first-order chi connectivity index (χ1) is 14.4. The molecule has 0 bridgehead atoms. The number of carbonyl (C=O) groups is 2. The fourth-order valence-electron chi connectivity index (χ4n) is 7.39. The smallest absolute Gasteiger partial charge is 0.223 e. The van der Waals surface area contributed by atoms with Crippen LogP contribution in [0.1, 0.15) is 57.9 Å². The Morgan fingerprint density at radius 1 is 1.13 bits per heavy atom. The van der Waals surface area contributed by atoms with Crippen LogP contribution in [0, 0.1) is 34.5 Å². The number of hydrogen-bond donors (Lipinski definition) is 1. The minimum Gasteiger partial charge on any atom is -0.352 e. The van der Waals surface area contributed by atoms with Gasteiger partial charge in [-0.1, -0.05) is 62.0 Å². The summed E-state index contributed by atoms with van der Waals surface area (Å²) in [6, 6.07) is 10.2. The third-order valence-electron chi connectivity index (χ3n) is 8.98. The second-order valence-electron chi connectivity index (χ2n) is 10.6. The van der Waals surface area contributed by atoms with Gasteiger partial charge in [-0.25, -0.2) is 0 Å². The topological polar surface area (TPSA) is 46.2 Å². The zero-order chi connectivity index (χ0) is 20.9. The summed E-state index contributed by atoms with van der Waals surface area (Å²) in [5, 5.41) is 3.87. The van der Waals surface area contributed by atoms with Crippen LogP contribution in [0.25, 0.3) is 0 Å². The quantitative estimate of drug-likeness (QED) is 0.712. The maximum Gasteiger partial charge on any atom is 0.223 e. The van der Waals surface area contributed by atoms with Crippen LogP contribution in [0.15, 0.2) is 42.5 Å². The van der Waals surface area contributed by atoms with Gasteiger partial charge in [0.05, 0.1) is 0 Å². The first-order valence-corrected chi connectivity index (χ1v) is 12.5. The van der Waals surface area contributed by atoms with E-state index >= 15 is 0 Å². The van der Waals surface area contributed by atoms with Gasteiger partial charge in [0.25, 0.3) is 0 Å². The zero-order valence-corrected chi connectivity index (χ0v) is 18.9. The van der Waals surface area contributed by atoms with Gasteiger partial charge in [-0.15, -0.1) is 0 Å². The third-order valence-corrected chi connectivity index (χ3v) is 10.4. The minimum absolute atomic E-state index is 0.135. The Balaban J connectivity index is 1.30. The molecule has 0 aromatic heterocycles. The van der Waals surface area contributed by atoms with Crippen molar-refractivity contribution in [3.05, 3.63) is 48.0 Å². The molecule has 3 saturated carbocycles. The summed E-state index contributed by atoms with van der Waals surface area (Å²) in [4.78, 5) is 25.0. The third kappa shape index (κ3) is 3.36. The normalized spacial score (nSPS) is 42.2. The number of carbonyl (C=O) groups excluding carboxylic acids is 2. The van der Waals surface area contributed by atoms with Gasteiger partial charge in [-0.05, 0) is 73.3 Å². The predicted octanol–water partition coefficient (Wildman–Crippen LogP) is 5.36. The Kier molecular flexibility index (Phi) is 5.12. The molecule has 1 aliphatic heterocycles. The van der Waals surface area contributed by atoms with Crippen LogP contribution in [-0.2, 0) is 16.1 Å². The average Bonchev–Trinajstić information content (AvgIpc) is 3.11. The first kappa shape index (κ1) is 20.4. The number of hydrogen-bond acceptors (Lipinski definition) is 3. The molecule has 3 nitrogen and oxygen atoms in total. The van der Waals surface area contributed by atoms with E-state index in [1.807, 2.05) is 24.3 Å². The van der Waals surface area contributed by atoms with Gasteiger partial charge in [0.2, 0.25) is 11.0 Å². The molecule has 160 valence electrons. The molecule has 1 amide bonds. The second kappa shape index (κ2) is 7.55. The van der Waals surface area contributed by atoms with Crippen LogP contribution in [0.2, 0.25) is 0 Å². The van der Waals surface area contributed by atoms with Crippen molar-refractivity contribution in [3.63, 3.8) is 0 Å². The predicted molar refractivity (Wildman–Crippen MR) is 122 cm³/mol. The van der Waals surface area contributed by atoms with Gasteiger partial charge >= 0.3 is 0 Å². The summed E-state index contributed by atoms with van der Waals surface area (Å²) in [7, 11) is 0. The maximum atomic E-state index is 13.0. The molecule has 5 rings (SSSR count). The molecule has 4 aliphatic rings. The van der Waals surface area contributed by atoms with E-state index in [0.29, 0.717) is 35.0 Å². The van der Waals surface area contributed by atoms with Gasteiger partial charge in [0.15, 0.2) is 0 Å². The molecule has 0 saturated heterocycles. The molecule has 0 spiro atoms. The maximum absolute atomic E-state index is 13.0. The highest BCUT2D eigenvalue weighted by atomic mass is 32.2. The van der Waals surface area contributed by atoms with E-state index in [1.54, 1.807) is 11.8 Å². The zero-order valence-electron chi connectivity index (χ0n) is 18.1. The lowest BCUT2D eigenvalue weighted by molar-refractivity contribution is -0.125. The fourth-order valence-corrected chi connectivity index (χ4v) is 8.58. The van der Waals surface area contributed by atoms with Crippen molar-refractivity contribution < 1.29 is 9.59 Å². The van der Waals surface area contributed by atoms with E-state index in [0.717, 1.165) is 24.8 Å². The minimum atomic E-state index is 0.135. The number of allylic oxidation sites excluding steroid dienone is 1. The van der Waals surface area contributed by atoms with Crippen LogP contribution < -0.4 is 5.32 Å². The Morgan fingerprint density at radius 2 is 1.93 bits per heavy atom. The van der Waals surface area contributed by atoms with Gasteiger partial charge in [-0.2, -0.15) is 0 Å². The summed E-state index contributed by atoms with van der Waals surface area (Å²) in [5.41, 5.74) is 1.59. The standard InChI is InChI=1S/C26H33NO2S/c1-25-12-10-20-19(8-9-22-26(20,2)13-11-23(28)30-22)21(25)14-18(15-25)24(29)27-16-17-6-4-3-5-7-17/h3-7,11,13,18-22H,8-10,12,14-16H2,1-2H3,(H,27,29)/t18?,19-,20-,21+,22?,25-,26-/m1/s1. The number of benzene rings is 1. The van der Waals surface area contributed by atoms with Gasteiger partial charge in [0.1, 0.15) is 0 Å². The molecular weight excluding hydrogens is 390 g/mol. The molecule has 30 heavy (non-hydrogen) atoms. The van der Waals surface area contributed by atoms with Crippen molar-refractivity contribution in [2.75, 3.05) is 0 Å². The van der Waals surface area contributed by atoms with E-state index < -0.39 is 0 Å². The molecule has 2 unspecified atom stereocenters. The van der Waals surface area contributed by atoms with Gasteiger partial charge < -0.3 is 5.32 Å². The van der Waals surface area contributed by atoms with Crippen LogP contribution in [0.4, 0.5) is 0 Å². The lowest BCUT2D eigenvalue weighted by atomic mass is 9.50. The molecule has 1 aromatic rings. The van der Waals surface area contributed by atoms with E-state index in [-0.39, 0.29) is 22.4 Å². The average molecular weight is 424 g/mol. The molecule has 1 heterocycles. The molecule has 3 aliphatic carbocycles. The lowest BCUT2D eigenvalue weighted by Crippen LogP contribution is -2.52. The molecule has 0 radical (unpaired) electrons. The van der Waals surface area contributed by atoms with Crippen molar-refractivity contribution >= 4 is 22.8 Å². The van der Waals surface area contributed by atoms with Crippen molar-refractivity contribution in [2.24, 2.45) is 34.5 Å². The Bertz CT molecular complexity index is 867. The molecule has 1 aromatic carbocycles. The van der Waals surface area contributed by atoms with Gasteiger partial charge in [0, 0.05) is 23.1 Å². The second-order valence-corrected chi connectivity index (χ2v) is 11.8. The Labute approximate surface area is 184 Å². The summed E-state index contributed by atoms with van der Waals surface area (Å²) in [6.45, 7) is 5.47. The van der Waals surface area contributed by atoms with Crippen molar-refractivity contribution in [1.29, 1.82) is 0 Å². The highest BCUT2D eigenvalue weighted by molar-refractivity contribution is 8.14. The number of nitrogens with one attached hydrogen (secondary N) is 1. The van der Waals surface area contributed by atoms with Crippen LogP contribution in [0.5, 0.6) is 0 Å². The summed E-state index contributed by atoms with van der Waals surface area (Å²) in [5.74, 6) is 2.36. The summed E-state index contributed by atoms with van der Waals surface area (Å²) in [6.07, 6.45) is 11.0. The largest absolute Gasteiger partial charge is 0.352 e. The van der Waals surface area contributed by atoms with E-state index in [2.05, 4.69) is 37.4 Å². The van der Waals surface area contributed by atoms with Crippen molar-refractivity contribution in [1.82, 2.24) is 5.32 Å². The summed E-state index contributed by atoms with van der Waals surface area (Å²) < 4.78 is 0. The van der Waals surface area contributed by atoms with Gasteiger partial charge in [-0.3, -0.25) is 9.59 Å². The highest BCUT2D eigenvalue weighted by Gasteiger charge is 2.59. The van der Waals surface area contributed by atoms with E-state index in [4.69, 9.17) is 0 Å².